The van der Waals surface area contributed by atoms with E-state index in [0.717, 1.165) is 17.5 Å². The third-order valence-corrected chi connectivity index (χ3v) is 3.54. The molecule has 2 rings (SSSR count). The van der Waals surface area contributed by atoms with Gasteiger partial charge in [-0.05, 0) is 24.5 Å². The number of nitrogens with zero attached hydrogens (tertiary/aromatic N) is 2. The summed E-state index contributed by atoms with van der Waals surface area (Å²) in [5, 5.41) is 11.0. The van der Waals surface area contributed by atoms with Crippen LogP contribution >= 0.6 is 23.2 Å². The second kappa shape index (κ2) is 5.47. The summed E-state index contributed by atoms with van der Waals surface area (Å²) in [6, 6.07) is 3.53. The monoisotopic (exact) mass is 286 g/mol. The van der Waals surface area contributed by atoms with Crippen molar-refractivity contribution in [2.24, 2.45) is 5.92 Å². The second-order valence-corrected chi connectivity index (χ2v) is 5.75. The number of imidazole rings is 1. The topological polar surface area (TPSA) is 38.0 Å². The van der Waals surface area contributed by atoms with Crippen LogP contribution in [-0.4, -0.2) is 20.8 Å². The summed E-state index contributed by atoms with van der Waals surface area (Å²) in [4.78, 5) is 4.26. The van der Waals surface area contributed by atoms with Gasteiger partial charge in [0, 0.05) is 0 Å². The maximum Gasteiger partial charge on any atom is 0.0959 e. The summed E-state index contributed by atoms with van der Waals surface area (Å²) < 4.78 is 1.91. The lowest BCUT2D eigenvalue weighted by Gasteiger charge is -2.14. The molecule has 1 heterocycles. The number of aliphatic hydroxyl groups is 1. The number of benzene rings is 1. The molecule has 0 saturated carbocycles. The smallest absolute Gasteiger partial charge is 0.0959 e. The Balaban J connectivity index is 2.26. The Hall–Kier alpha value is -0.770. The average molecular weight is 287 g/mol. The highest BCUT2D eigenvalue weighted by atomic mass is 35.5. The molecule has 0 aliphatic rings. The Morgan fingerprint density at radius 3 is 2.61 bits per heavy atom. The van der Waals surface area contributed by atoms with E-state index in [1.54, 1.807) is 18.5 Å². The molecule has 0 bridgehead atoms. The number of fused-ring (bicyclic) bond motifs is 1. The minimum atomic E-state index is -0.378. The SMILES string of the molecule is CC(C)CC(O)Cn1cnc2cc(Cl)c(Cl)cc21. The standard InChI is InChI=1S/C13H16Cl2N2O/c1-8(2)3-9(18)6-17-7-16-12-4-10(14)11(15)5-13(12)17/h4-5,7-9,18H,3,6H2,1-2H3. The van der Waals surface area contributed by atoms with Crippen molar-refractivity contribution in [2.45, 2.75) is 32.9 Å². The predicted octanol–water partition coefficient (Wildman–Crippen LogP) is 3.75. The Kier molecular flexibility index (Phi) is 4.15. The highest BCUT2D eigenvalue weighted by Crippen LogP contribution is 2.27. The van der Waals surface area contributed by atoms with E-state index in [9.17, 15) is 5.11 Å². The molecule has 0 aliphatic heterocycles. The highest BCUT2D eigenvalue weighted by Gasteiger charge is 2.11. The second-order valence-electron chi connectivity index (χ2n) is 4.94. The zero-order chi connectivity index (χ0) is 13.3. The van der Waals surface area contributed by atoms with E-state index < -0.39 is 0 Å². The van der Waals surface area contributed by atoms with Gasteiger partial charge in [0.15, 0.2) is 0 Å². The lowest BCUT2D eigenvalue weighted by Crippen LogP contribution is -2.17. The molecule has 1 atom stereocenters. The van der Waals surface area contributed by atoms with Crippen molar-refractivity contribution in [3.63, 3.8) is 0 Å². The molecule has 0 radical (unpaired) electrons. The summed E-state index contributed by atoms with van der Waals surface area (Å²) >= 11 is 11.9. The van der Waals surface area contributed by atoms with Crippen LogP contribution in [0.5, 0.6) is 0 Å². The molecule has 98 valence electrons. The highest BCUT2D eigenvalue weighted by molar-refractivity contribution is 6.42. The summed E-state index contributed by atoms with van der Waals surface area (Å²) in [6.45, 7) is 4.70. The average Bonchev–Trinajstić information content (AvgIpc) is 2.61. The summed E-state index contributed by atoms with van der Waals surface area (Å²) in [7, 11) is 0. The first kappa shape index (κ1) is 13.7. The van der Waals surface area contributed by atoms with Gasteiger partial charge in [-0.3, -0.25) is 0 Å². The van der Waals surface area contributed by atoms with Crippen molar-refractivity contribution in [1.82, 2.24) is 9.55 Å². The lowest BCUT2D eigenvalue weighted by molar-refractivity contribution is 0.131. The van der Waals surface area contributed by atoms with Gasteiger partial charge in [-0.2, -0.15) is 0 Å². The number of aliphatic hydroxyl groups excluding tert-OH is 1. The van der Waals surface area contributed by atoms with E-state index in [1.165, 1.54) is 0 Å². The van der Waals surface area contributed by atoms with Gasteiger partial charge in [-0.1, -0.05) is 37.0 Å². The van der Waals surface area contributed by atoms with E-state index in [-0.39, 0.29) is 6.10 Å². The van der Waals surface area contributed by atoms with Crippen LogP contribution in [0.2, 0.25) is 10.0 Å². The quantitative estimate of drug-likeness (QED) is 0.930. The van der Waals surface area contributed by atoms with Gasteiger partial charge in [-0.25, -0.2) is 4.98 Å². The van der Waals surface area contributed by atoms with Gasteiger partial charge >= 0.3 is 0 Å². The third kappa shape index (κ3) is 2.97. The zero-order valence-corrected chi connectivity index (χ0v) is 11.9. The van der Waals surface area contributed by atoms with Crippen LogP contribution in [0.4, 0.5) is 0 Å². The molecule has 0 fully saturated rings. The maximum absolute atomic E-state index is 9.97. The van der Waals surface area contributed by atoms with Crippen LogP contribution in [0, 0.1) is 5.92 Å². The van der Waals surface area contributed by atoms with Gasteiger partial charge in [0.05, 0.1) is 40.1 Å². The van der Waals surface area contributed by atoms with Crippen molar-refractivity contribution in [3.05, 3.63) is 28.5 Å². The van der Waals surface area contributed by atoms with Crippen molar-refractivity contribution in [1.29, 1.82) is 0 Å². The third-order valence-electron chi connectivity index (χ3n) is 2.81. The zero-order valence-electron chi connectivity index (χ0n) is 10.4. The maximum atomic E-state index is 9.97. The normalized spacial score (nSPS) is 13.4. The molecule has 0 spiro atoms. The summed E-state index contributed by atoms with van der Waals surface area (Å²) in [5.74, 6) is 0.466. The van der Waals surface area contributed by atoms with E-state index in [1.807, 2.05) is 4.57 Å². The molecule has 0 amide bonds. The molecular weight excluding hydrogens is 271 g/mol. The van der Waals surface area contributed by atoms with Crippen LogP contribution in [-0.2, 0) is 6.54 Å². The fraction of sp³-hybridized carbons (Fsp3) is 0.462. The summed E-state index contributed by atoms with van der Waals surface area (Å²) in [5.41, 5.74) is 1.69. The lowest BCUT2D eigenvalue weighted by atomic mass is 10.1. The number of aromatic nitrogens is 2. The first-order valence-corrected chi connectivity index (χ1v) is 6.71. The van der Waals surface area contributed by atoms with Gasteiger partial charge in [0.2, 0.25) is 0 Å². The van der Waals surface area contributed by atoms with E-state index in [0.29, 0.717) is 22.5 Å². The molecule has 1 unspecified atom stereocenters. The van der Waals surface area contributed by atoms with E-state index in [4.69, 9.17) is 23.2 Å². The van der Waals surface area contributed by atoms with Crippen LogP contribution in [0.25, 0.3) is 11.0 Å². The first-order valence-electron chi connectivity index (χ1n) is 5.95. The van der Waals surface area contributed by atoms with Crippen LogP contribution in [0.15, 0.2) is 18.5 Å². The first-order chi connectivity index (χ1) is 8.47. The molecule has 0 saturated heterocycles. The van der Waals surface area contributed by atoms with Crippen LogP contribution in [0.3, 0.4) is 0 Å². The van der Waals surface area contributed by atoms with Gasteiger partial charge in [0.1, 0.15) is 0 Å². The molecule has 18 heavy (non-hydrogen) atoms. The molecule has 1 N–H and O–H groups in total. The fourth-order valence-corrected chi connectivity index (χ4v) is 2.36. The molecule has 1 aromatic heterocycles. The Morgan fingerprint density at radius 1 is 1.28 bits per heavy atom. The van der Waals surface area contributed by atoms with Crippen molar-refractivity contribution in [3.8, 4) is 0 Å². The fourth-order valence-electron chi connectivity index (χ4n) is 2.04. The van der Waals surface area contributed by atoms with E-state index >= 15 is 0 Å². The molecule has 1 aromatic carbocycles. The molecule has 2 aromatic rings. The number of rotatable bonds is 4. The molecular formula is C13H16Cl2N2O. The molecule has 0 aliphatic carbocycles. The largest absolute Gasteiger partial charge is 0.391 e. The van der Waals surface area contributed by atoms with Crippen molar-refractivity contribution >= 4 is 34.2 Å². The number of hydrogen-bond acceptors (Lipinski definition) is 2. The number of hydrogen-bond donors (Lipinski definition) is 1. The van der Waals surface area contributed by atoms with Crippen LogP contribution in [0.1, 0.15) is 20.3 Å². The Bertz CT molecular complexity index is 551. The van der Waals surface area contributed by atoms with Crippen LogP contribution < -0.4 is 0 Å². The summed E-state index contributed by atoms with van der Waals surface area (Å²) in [6.07, 6.45) is 2.10. The van der Waals surface area contributed by atoms with Gasteiger partial charge in [0.25, 0.3) is 0 Å². The minimum absolute atomic E-state index is 0.378. The number of halogens is 2. The minimum Gasteiger partial charge on any atom is -0.391 e. The van der Waals surface area contributed by atoms with Gasteiger partial charge in [-0.15, -0.1) is 0 Å². The molecule has 3 nitrogen and oxygen atoms in total. The van der Waals surface area contributed by atoms with Crippen molar-refractivity contribution < 1.29 is 5.11 Å². The Labute approximate surface area is 116 Å². The molecule has 5 heteroatoms. The van der Waals surface area contributed by atoms with Gasteiger partial charge < -0.3 is 9.67 Å². The van der Waals surface area contributed by atoms with Crippen molar-refractivity contribution in [2.75, 3.05) is 0 Å². The predicted molar refractivity (Wildman–Crippen MR) is 75.2 cm³/mol. The van der Waals surface area contributed by atoms with E-state index in [2.05, 4.69) is 18.8 Å². The Morgan fingerprint density at radius 2 is 1.94 bits per heavy atom.